The standard InChI is InChI=1S/C19H28ClN4O8P/c1-19(9-25,33(28,29)30)31-8-13-14(26)15(27)16(32-13)11-6-7-12-17(21-10-4-2-3-5-10)22-18(20)23-24(11)12/h6-7,10,13-16,25-27H,2-5,8-9H2,1H3,(H,21,22,23)(H2,28,29,30)/t13-,14-,15-,16+,19+/m1/s1. The second kappa shape index (κ2) is 9.37. The van der Waals surface area contributed by atoms with Crippen molar-refractivity contribution in [3.05, 3.63) is 23.1 Å². The largest absolute Gasteiger partial charge is 0.393 e. The van der Waals surface area contributed by atoms with Gasteiger partial charge in [0, 0.05) is 6.04 Å². The van der Waals surface area contributed by atoms with Gasteiger partial charge in [-0.05, 0) is 43.5 Å². The molecule has 2 fully saturated rings. The Morgan fingerprint density at radius 3 is 2.64 bits per heavy atom. The molecule has 12 nitrogen and oxygen atoms in total. The molecule has 0 radical (unpaired) electrons. The van der Waals surface area contributed by atoms with E-state index in [-0.39, 0.29) is 11.3 Å². The molecule has 2 aliphatic rings. The zero-order valence-electron chi connectivity index (χ0n) is 17.9. The zero-order valence-corrected chi connectivity index (χ0v) is 19.6. The minimum atomic E-state index is -4.81. The highest BCUT2D eigenvalue weighted by Gasteiger charge is 2.48. The van der Waals surface area contributed by atoms with E-state index in [0.717, 1.165) is 32.6 Å². The minimum absolute atomic E-state index is 0.00581. The van der Waals surface area contributed by atoms with Crippen LogP contribution in [0.25, 0.3) is 5.52 Å². The number of hydrogen-bond acceptors (Lipinski definition) is 9. The fourth-order valence-corrected chi connectivity index (χ4v) is 4.78. The molecule has 2 aromatic heterocycles. The Morgan fingerprint density at radius 2 is 2.00 bits per heavy atom. The number of ether oxygens (including phenoxy) is 2. The van der Waals surface area contributed by atoms with Gasteiger partial charge < -0.3 is 39.9 Å². The van der Waals surface area contributed by atoms with Crippen LogP contribution in [0.1, 0.15) is 44.4 Å². The number of nitrogens with zero attached hydrogens (tertiary/aromatic N) is 3. The van der Waals surface area contributed by atoms with Crippen molar-refractivity contribution in [1.82, 2.24) is 14.6 Å². The molecule has 3 heterocycles. The normalized spacial score (nSPS) is 28.5. The highest BCUT2D eigenvalue weighted by atomic mass is 35.5. The van der Waals surface area contributed by atoms with E-state index < -0.39 is 50.6 Å². The molecule has 1 aliphatic carbocycles. The molecule has 6 N–H and O–H groups in total. The van der Waals surface area contributed by atoms with Gasteiger partial charge in [0.05, 0.1) is 18.9 Å². The summed E-state index contributed by atoms with van der Waals surface area (Å²) in [6.07, 6.45) is -0.569. The van der Waals surface area contributed by atoms with Crippen LogP contribution in [0.3, 0.4) is 0 Å². The molecular weight excluding hydrogens is 479 g/mol. The first-order chi connectivity index (χ1) is 15.5. The number of fused-ring (bicyclic) bond motifs is 1. The molecular formula is C19H28ClN4O8P. The van der Waals surface area contributed by atoms with Gasteiger partial charge in [-0.2, -0.15) is 4.98 Å². The maximum absolute atomic E-state index is 11.6. The van der Waals surface area contributed by atoms with Gasteiger partial charge in [0.1, 0.15) is 29.9 Å². The van der Waals surface area contributed by atoms with Crippen LogP contribution < -0.4 is 5.32 Å². The molecule has 0 unspecified atom stereocenters. The maximum Gasteiger partial charge on any atom is 0.359 e. The Labute approximate surface area is 194 Å². The summed E-state index contributed by atoms with van der Waals surface area (Å²) in [7, 11) is -4.81. The summed E-state index contributed by atoms with van der Waals surface area (Å²) in [4.78, 5) is 23.2. The number of rotatable bonds is 8. The smallest absolute Gasteiger partial charge is 0.359 e. The molecule has 1 aliphatic heterocycles. The summed E-state index contributed by atoms with van der Waals surface area (Å²) >= 11 is 6.14. The van der Waals surface area contributed by atoms with E-state index in [4.69, 9.17) is 21.1 Å². The number of aromatic nitrogens is 3. The Hall–Kier alpha value is -1.34. The SMILES string of the molecule is C[C@](CO)(OC[C@H]1O[C@@H](c2ccc3c(NC4CCCC4)nc(Cl)nn23)[C@H](O)[C@@H]1O)P(=O)(O)O. The van der Waals surface area contributed by atoms with Crippen molar-refractivity contribution in [2.45, 2.75) is 68.4 Å². The lowest BCUT2D eigenvalue weighted by Gasteiger charge is -2.30. The average molecular weight is 507 g/mol. The first-order valence-corrected chi connectivity index (χ1v) is 12.7. The van der Waals surface area contributed by atoms with Crippen molar-refractivity contribution in [2.75, 3.05) is 18.5 Å². The summed E-state index contributed by atoms with van der Waals surface area (Å²) in [5.74, 6) is 0.557. The van der Waals surface area contributed by atoms with Crippen molar-refractivity contribution in [2.24, 2.45) is 0 Å². The van der Waals surface area contributed by atoms with Gasteiger partial charge in [-0.3, -0.25) is 4.57 Å². The quantitative estimate of drug-likeness (QED) is 0.279. The van der Waals surface area contributed by atoms with Gasteiger partial charge in [-0.15, -0.1) is 5.10 Å². The highest BCUT2D eigenvalue weighted by molar-refractivity contribution is 7.53. The van der Waals surface area contributed by atoms with Crippen LogP contribution in [-0.4, -0.2) is 82.6 Å². The number of halogens is 1. The predicted molar refractivity (Wildman–Crippen MR) is 117 cm³/mol. The molecule has 184 valence electrons. The van der Waals surface area contributed by atoms with Crippen LogP contribution in [0.4, 0.5) is 5.82 Å². The van der Waals surface area contributed by atoms with E-state index in [9.17, 15) is 29.7 Å². The van der Waals surface area contributed by atoms with Crippen molar-refractivity contribution in [3.8, 4) is 0 Å². The van der Waals surface area contributed by atoms with Crippen molar-refractivity contribution < 1.29 is 39.1 Å². The van der Waals surface area contributed by atoms with Gasteiger partial charge in [-0.1, -0.05) is 12.8 Å². The maximum atomic E-state index is 11.6. The lowest BCUT2D eigenvalue weighted by Crippen LogP contribution is -2.39. The number of aliphatic hydroxyl groups is 3. The third-order valence-corrected chi connectivity index (χ3v) is 7.99. The predicted octanol–water partition coefficient (Wildman–Crippen LogP) is 0.802. The Balaban J connectivity index is 1.56. The number of nitrogens with one attached hydrogen (secondary N) is 1. The average Bonchev–Trinajstić information content (AvgIpc) is 3.47. The Bertz CT molecular complexity index is 1040. The summed E-state index contributed by atoms with van der Waals surface area (Å²) < 4.78 is 24.2. The van der Waals surface area contributed by atoms with Crippen molar-refractivity contribution >= 4 is 30.5 Å². The van der Waals surface area contributed by atoms with Crippen molar-refractivity contribution in [3.63, 3.8) is 0 Å². The van der Waals surface area contributed by atoms with Gasteiger partial charge >= 0.3 is 7.60 Å². The van der Waals surface area contributed by atoms with E-state index in [1.54, 1.807) is 12.1 Å². The Morgan fingerprint density at radius 1 is 1.30 bits per heavy atom. The molecule has 0 aromatic carbocycles. The van der Waals surface area contributed by atoms with Crippen LogP contribution in [0, 0.1) is 0 Å². The minimum Gasteiger partial charge on any atom is -0.393 e. The summed E-state index contributed by atoms with van der Waals surface area (Å²) in [6, 6.07) is 3.72. The van der Waals surface area contributed by atoms with Gasteiger partial charge in [0.15, 0.2) is 11.2 Å². The monoisotopic (exact) mass is 506 g/mol. The third kappa shape index (κ3) is 4.77. The van der Waals surface area contributed by atoms with Crippen molar-refractivity contribution in [1.29, 1.82) is 0 Å². The number of aliphatic hydroxyl groups excluding tert-OH is 3. The van der Waals surface area contributed by atoms with E-state index in [2.05, 4.69) is 15.4 Å². The molecule has 0 spiro atoms. The number of hydrogen-bond donors (Lipinski definition) is 6. The van der Waals surface area contributed by atoms with E-state index in [0.29, 0.717) is 17.0 Å². The lowest BCUT2D eigenvalue weighted by atomic mass is 10.1. The van der Waals surface area contributed by atoms with Crippen LogP contribution in [0.5, 0.6) is 0 Å². The van der Waals surface area contributed by atoms with E-state index in [1.807, 2.05) is 0 Å². The van der Waals surface area contributed by atoms with Crippen LogP contribution in [0.15, 0.2) is 12.1 Å². The van der Waals surface area contributed by atoms with E-state index >= 15 is 0 Å². The van der Waals surface area contributed by atoms with Gasteiger partial charge in [0.2, 0.25) is 5.28 Å². The second-order valence-corrected chi connectivity index (χ2v) is 11.0. The summed E-state index contributed by atoms with van der Waals surface area (Å²) in [5.41, 5.74) is 1.04. The lowest BCUT2D eigenvalue weighted by molar-refractivity contribution is -0.0936. The summed E-state index contributed by atoms with van der Waals surface area (Å²) in [6.45, 7) is -0.354. The van der Waals surface area contributed by atoms with E-state index in [1.165, 1.54) is 4.52 Å². The molecule has 4 rings (SSSR count). The second-order valence-electron chi connectivity index (χ2n) is 8.67. The fourth-order valence-electron chi connectivity index (χ4n) is 4.19. The first-order valence-electron chi connectivity index (χ1n) is 10.7. The topological polar surface area (TPSA) is 179 Å². The third-order valence-electron chi connectivity index (χ3n) is 6.33. The highest BCUT2D eigenvalue weighted by Crippen LogP contribution is 2.51. The van der Waals surface area contributed by atoms with Crippen LogP contribution in [0.2, 0.25) is 5.28 Å². The molecule has 1 saturated heterocycles. The van der Waals surface area contributed by atoms with Gasteiger partial charge in [0.25, 0.3) is 0 Å². The molecule has 0 amide bonds. The Kier molecular flexibility index (Phi) is 7.03. The molecule has 0 bridgehead atoms. The molecule has 1 saturated carbocycles. The van der Waals surface area contributed by atoms with Gasteiger partial charge in [-0.25, -0.2) is 4.52 Å². The van der Waals surface area contributed by atoms with Crippen LogP contribution >= 0.6 is 19.2 Å². The zero-order chi connectivity index (χ0) is 24.0. The molecule has 5 atom stereocenters. The number of anilines is 1. The summed E-state index contributed by atoms with van der Waals surface area (Å²) in [5, 5.41) is 35.9. The molecule has 33 heavy (non-hydrogen) atoms. The van der Waals surface area contributed by atoms with Crippen LogP contribution in [-0.2, 0) is 14.0 Å². The fraction of sp³-hybridized carbons (Fsp3) is 0.684. The molecule has 14 heteroatoms. The molecule has 2 aromatic rings. The first kappa shape index (κ1) is 24.8.